The number of nitrogens with zero attached hydrogens (tertiary/aromatic N) is 2. The molecular weight excluding hydrogens is 233 g/mol. The van der Waals surface area contributed by atoms with Crippen molar-refractivity contribution in [1.82, 2.24) is 14.6 Å². The van der Waals surface area contributed by atoms with Gasteiger partial charge in [-0.05, 0) is 17.7 Å². The van der Waals surface area contributed by atoms with Crippen LogP contribution < -0.4 is 5.43 Å². The van der Waals surface area contributed by atoms with Crippen molar-refractivity contribution in [3.8, 4) is 0 Å². The molecule has 90 valence electrons. The summed E-state index contributed by atoms with van der Waals surface area (Å²) in [5, 5.41) is 3.03. The van der Waals surface area contributed by atoms with Gasteiger partial charge in [0.05, 0.1) is 0 Å². The van der Waals surface area contributed by atoms with Gasteiger partial charge in [-0.3, -0.25) is 9.89 Å². The first-order valence-corrected chi connectivity index (χ1v) is 5.52. The zero-order valence-electron chi connectivity index (χ0n) is 9.43. The molecule has 5 heteroatoms. The van der Waals surface area contributed by atoms with Crippen molar-refractivity contribution in [2.75, 3.05) is 0 Å². The SMILES string of the molecule is O=c1ccn2[nH]c(Cc3cccc(F)c3)nc2c1. The van der Waals surface area contributed by atoms with Gasteiger partial charge in [0, 0.05) is 24.8 Å². The third kappa shape index (κ3) is 2.02. The fourth-order valence-electron chi connectivity index (χ4n) is 1.87. The van der Waals surface area contributed by atoms with Gasteiger partial charge in [-0.1, -0.05) is 12.1 Å². The van der Waals surface area contributed by atoms with E-state index in [9.17, 15) is 9.18 Å². The fraction of sp³-hybridized carbons (Fsp3) is 0.0769. The van der Waals surface area contributed by atoms with E-state index >= 15 is 0 Å². The quantitative estimate of drug-likeness (QED) is 0.745. The Morgan fingerprint density at radius 2 is 2.17 bits per heavy atom. The molecule has 0 saturated carbocycles. The molecule has 0 aliphatic rings. The Hall–Kier alpha value is -2.43. The Morgan fingerprint density at radius 1 is 1.28 bits per heavy atom. The normalized spacial score (nSPS) is 10.9. The molecule has 0 aliphatic heterocycles. The number of aromatic nitrogens is 3. The second-order valence-electron chi connectivity index (χ2n) is 4.07. The van der Waals surface area contributed by atoms with E-state index in [0.29, 0.717) is 17.9 Å². The lowest BCUT2D eigenvalue weighted by Gasteiger charge is -1.97. The molecule has 0 bridgehead atoms. The Morgan fingerprint density at radius 3 is 3.00 bits per heavy atom. The Balaban J connectivity index is 1.98. The van der Waals surface area contributed by atoms with Gasteiger partial charge in [-0.15, -0.1) is 0 Å². The third-order valence-electron chi connectivity index (χ3n) is 2.67. The van der Waals surface area contributed by atoms with Crippen LogP contribution in [-0.4, -0.2) is 14.6 Å². The molecule has 18 heavy (non-hydrogen) atoms. The van der Waals surface area contributed by atoms with Crippen LogP contribution in [0.25, 0.3) is 5.65 Å². The summed E-state index contributed by atoms with van der Waals surface area (Å²) >= 11 is 0. The average Bonchev–Trinajstić information content (AvgIpc) is 2.70. The van der Waals surface area contributed by atoms with Crippen LogP contribution in [0.3, 0.4) is 0 Å². The van der Waals surface area contributed by atoms with Gasteiger partial charge in [0.15, 0.2) is 11.1 Å². The van der Waals surface area contributed by atoms with Gasteiger partial charge < -0.3 is 0 Å². The number of pyridine rings is 1. The largest absolute Gasteiger partial charge is 0.290 e. The number of hydrogen-bond acceptors (Lipinski definition) is 2. The maximum Gasteiger partial charge on any atom is 0.183 e. The molecule has 2 aromatic heterocycles. The summed E-state index contributed by atoms with van der Waals surface area (Å²) in [4.78, 5) is 15.5. The van der Waals surface area contributed by atoms with Gasteiger partial charge in [0.1, 0.15) is 11.6 Å². The van der Waals surface area contributed by atoms with Gasteiger partial charge >= 0.3 is 0 Å². The van der Waals surface area contributed by atoms with Crippen LogP contribution in [-0.2, 0) is 6.42 Å². The number of aromatic amines is 1. The molecular formula is C13H10FN3O. The van der Waals surface area contributed by atoms with Crippen molar-refractivity contribution in [1.29, 1.82) is 0 Å². The van der Waals surface area contributed by atoms with Crippen LogP contribution in [0.2, 0.25) is 0 Å². The highest BCUT2D eigenvalue weighted by Gasteiger charge is 2.04. The van der Waals surface area contributed by atoms with Gasteiger partial charge in [-0.2, -0.15) is 0 Å². The van der Waals surface area contributed by atoms with Crippen molar-refractivity contribution in [2.45, 2.75) is 6.42 Å². The Labute approximate surface area is 102 Å². The van der Waals surface area contributed by atoms with Crippen LogP contribution >= 0.6 is 0 Å². The number of fused-ring (bicyclic) bond motifs is 1. The monoisotopic (exact) mass is 243 g/mol. The van der Waals surface area contributed by atoms with Gasteiger partial charge in [0.2, 0.25) is 0 Å². The van der Waals surface area contributed by atoms with E-state index in [4.69, 9.17) is 0 Å². The van der Waals surface area contributed by atoms with E-state index in [1.165, 1.54) is 24.3 Å². The van der Waals surface area contributed by atoms with Crippen LogP contribution in [0.15, 0.2) is 47.4 Å². The van der Waals surface area contributed by atoms with E-state index in [2.05, 4.69) is 10.1 Å². The smallest absolute Gasteiger partial charge is 0.183 e. The van der Waals surface area contributed by atoms with Crippen molar-refractivity contribution in [3.63, 3.8) is 0 Å². The third-order valence-corrected chi connectivity index (χ3v) is 2.67. The van der Waals surface area contributed by atoms with E-state index in [1.54, 1.807) is 16.8 Å². The zero-order chi connectivity index (χ0) is 12.5. The summed E-state index contributed by atoms with van der Waals surface area (Å²) in [5.41, 5.74) is 1.31. The molecule has 3 aromatic rings. The predicted molar refractivity (Wildman–Crippen MR) is 65.0 cm³/mol. The summed E-state index contributed by atoms with van der Waals surface area (Å²) in [6.45, 7) is 0. The molecule has 2 heterocycles. The number of benzene rings is 1. The number of H-pyrrole nitrogens is 1. The molecule has 1 aromatic carbocycles. The lowest BCUT2D eigenvalue weighted by molar-refractivity contribution is 0.625. The Kier molecular flexibility index (Phi) is 2.44. The molecule has 0 radical (unpaired) electrons. The second-order valence-corrected chi connectivity index (χ2v) is 4.07. The minimum atomic E-state index is -0.266. The standard InChI is InChI=1S/C13H10FN3O/c14-10-3-1-2-9(6-10)7-12-15-13-8-11(18)4-5-17(13)16-12/h1-6,8H,7H2,(H,15,16). The van der Waals surface area contributed by atoms with Crippen molar-refractivity contribution >= 4 is 5.65 Å². The predicted octanol–water partition coefficient (Wildman–Crippen LogP) is 1.75. The highest BCUT2D eigenvalue weighted by molar-refractivity contribution is 5.37. The molecule has 0 unspecified atom stereocenters. The topological polar surface area (TPSA) is 50.2 Å². The molecule has 0 atom stereocenters. The molecule has 4 nitrogen and oxygen atoms in total. The second kappa shape index (κ2) is 4.10. The van der Waals surface area contributed by atoms with Crippen LogP contribution in [0.5, 0.6) is 0 Å². The summed E-state index contributed by atoms with van der Waals surface area (Å²) in [6.07, 6.45) is 2.12. The molecule has 3 rings (SSSR count). The molecule has 0 spiro atoms. The first kappa shape index (κ1) is 10.7. The number of hydrogen-bond donors (Lipinski definition) is 1. The van der Waals surface area contributed by atoms with E-state index in [0.717, 1.165) is 5.56 Å². The van der Waals surface area contributed by atoms with Crippen LogP contribution in [0.1, 0.15) is 11.4 Å². The molecule has 0 fully saturated rings. The van der Waals surface area contributed by atoms with E-state index < -0.39 is 0 Å². The minimum absolute atomic E-state index is 0.0844. The molecule has 1 N–H and O–H groups in total. The minimum Gasteiger partial charge on any atom is -0.290 e. The summed E-state index contributed by atoms with van der Waals surface area (Å²) < 4.78 is 14.7. The van der Waals surface area contributed by atoms with Gasteiger partial charge in [-0.25, -0.2) is 13.9 Å². The average molecular weight is 243 g/mol. The number of rotatable bonds is 2. The fourth-order valence-corrected chi connectivity index (χ4v) is 1.87. The molecule has 0 aliphatic carbocycles. The Bertz CT molecular complexity index is 760. The first-order valence-electron chi connectivity index (χ1n) is 5.52. The lowest BCUT2D eigenvalue weighted by Crippen LogP contribution is -1.98. The van der Waals surface area contributed by atoms with Crippen molar-refractivity contribution in [3.05, 3.63) is 70.0 Å². The summed E-state index contributed by atoms with van der Waals surface area (Å²) in [5.74, 6) is 0.421. The molecule has 0 amide bonds. The van der Waals surface area contributed by atoms with E-state index in [1.807, 2.05) is 6.07 Å². The summed E-state index contributed by atoms with van der Waals surface area (Å²) in [6, 6.07) is 9.27. The van der Waals surface area contributed by atoms with Crippen LogP contribution in [0, 0.1) is 5.82 Å². The lowest BCUT2D eigenvalue weighted by atomic mass is 10.1. The van der Waals surface area contributed by atoms with E-state index in [-0.39, 0.29) is 11.2 Å². The van der Waals surface area contributed by atoms with Crippen molar-refractivity contribution < 1.29 is 4.39 Å². The van der Waals surface area contributed by atoms with Gasteiger partial charge in [0.25, 0.3) is 0 Å². The van der Waals surface area contributed by atoms with Crippen LogP contribution in [0.4, 0.5) is 4.39 Å². The maximum absolute atomic E-state index is 13.1. The maximum atomic E-state index is 13.1. The highest BCUT2D eigenvalue weighted by atomic mass is 19.1. The number of halogens is 1. The zero-order valence-corrected chi connectivity index (χ0v) is 9.43. The summed E-state index contributed by atoms with van der Waals surface area (Å²) in [7, 11) is 0. The first-order chi connectivity index (χ1) is 8.70. The van der Waals surface area contributed by atoms with Crippen molar-refractivity contribution in [2.24, 2.45) is 0 Å². The molecule has 0 saturated heterocycles. The number of nitrogens with one attached hydrogen (secondary N) is 1. The highest BCUT2D eigenvalue weighted by Crippen LogP contribution is 2.08.